The van der Waals surface area contributed by atoms with Gasteiger partial charge in [0.1, 0.15) is 5.58 Å². The summed E-state index contributed by atoms with van der Waals surface area (Å²) >= 11 is 0. The molecule has 0 atom stereocenters. The second-order valence-corrected chi connectivity index (χ2v) is 7.04. The van der Waals surface area contributed by atoms with E-state index in [0.717, 1.165) is 11.0 Å². The Balaban J connectivity index is 2.32. The highest BCUT2D eigenvalue weighted by Crippen LogP contribution is 2.20. The zero-order valence-electron chi connectivity index (χ0n) is 10.6. The predicted molar refractivity (Wildman–Crippen MR) is 69.5 cm³/mol. The third-order valence-electron chi connectivity index (χ3n) is 2.86. The Hall–Kier alpha value is -1.40. The van der Waals surface area contributed by atoms with Crippen molar-refractivity contribution in [2.45, 2.75) is 25.6 Å². The van der Waals surface area contributed by atoms with Crippen LogP contribution in [0, 0.1) is 0 Å². The Morgan fingerprint density at radius 3 is 2.78 bits per heavy atom. The van der Waals surface area contributed by atoms with Gasteiger partial charge < -0.3 is 4.42 Å². The summed E-state index contributed by atoms with van der Waals surface area (Å²) in [5.74, 6) is 0. The summed E-state index contributed by atoms with van der Waals surface area (Å²) in [6.45, 7) is 3.58. The van der Waals surface area contributed by atoms with Gasteiger partial charge in [-0.3, -0.25) is 4.98 Å². The van der Waals surface area contributed by atoms with Gasteiger partial charge in [0.2, 0.25) is 10.0 Å². The summed E-state index contributed by atoms with van der Waals surface area (Å²) in [5.41, 5.74) is 1.42. The Kier molecular flexibility index (Phi) is 3.41. The van der Waals surface area contributed by atoms with Crippen LogP contribution in [0.15, 0.2) is 29.0 Å². The molecule has 0 saturated heterocycles. The van der Waals surface area contributed by atoms with Gasteiger partial charge in [0.15, 0.2) is 0 Å². The zero-order valence-corrected chi connectivity index (χ0v) is 11.4. The lowest BCUT2D eigenvalue weighted by molar-refractivity contribution is 0.456. The largest absolute Gasteiger partial charge is 0.464 e. The Morgan fingerprint density at radius 1 is 1.39 bits per heavy atom. The molecule has 0 fully saturated rings. The third-order valence-corrected chi connectivity index (χ3v) is 5.05. The number of hydrogen-bond donors (Lipinski definition) is 0. The van der Waals surface area contributed by atoms with Crippen molar-refractivity contribution in [2.24, 2.45) is 0 Å². The zero-order chi connectivity index (χ0) is 13.3. The average Bonchev–Trinajstić information content (AvgIpc) is 2.77. The molecular weight excluding hydrogens is 252 g/mol. The Bertz CT molecular complexity index is 646. The van der Waals surface area contributed by atoms with Gasteiger partial charge in [-0.05, 0) is 26.0 Å². The number of pyridine rings is 1. The second-order valence-electron chi connectivity index (χ2n) is 4.44. The smallest absolute Gasteiger partial charge is 0.216 e. The van der Waals surface area contributed by atoms with Gasteiger partial charge in [0.25, 0.3) is 0 Å². The quantitative estimate of drug-likeness (QED) is 0.850. The van der Waals surface area contributed by atoms with Gasteiger partial charge in [0, 0.05) is 18.6 Å². The molecule has 0 saturated carbocycles. The van der Waals surface area contributed by atoms with Crippen molar-refractivity contribution in [2.75, 3.05) is 7.05 Å². The van der Waals surface area contributed by atoms with Crippen molar-refractivity contribution in [1.82, 2.24) is 9.29 Å². The third kappa shape index (κ3) is 2.26. The maximum Gasteiger partial charge on any atom is 0.216 e. The summed E-state index contributed by atoms with van der Waals surface area (Å²) < 4.78 is 30.6. The Labute approximate surface area is 106 Å². The first-order chi connectivity index (χ1) is 8.43. The summed E-state index contributed by atoms with van der Waals surface area (Å²) in [6, 6.07) is 3.56. The molecule has 6 heteroatoms. The summed E-state index contributed by atoms with van der Waals surface area (Å²) in [5, 5.41) is 0.411. The highest BCUT2D eigenvalue weighted by Gasteiger charge is 2.23. The van der Waals surface area contributed by atoms with Crippen LogP contribution in [0.1, 0.15) is 19.5 Å². The number of rotatable bonds is 4. The summed E-state index contributed by atoms with van der Waals surface area (Å²) in [6.07, 6.45) is 3.20. The molecular formula is C12H16N2O3S. The van der Waals surface area contributed by atoms with Crippen molar-refractivity contribution >= 4 is 21.0 Å². The minimum Gasteiger partial charge on any atom is -0.464 e. The fourth-order valence-corrected chi connectivity index (χ4v) is 2.76. The highest BCUT2D eigenvalue weighted by atomic mass is 32.2. The van der Waals surface area contributed by atoms with Crippen LogP contribution in [-0.4, -0.2) is 30.0 Å². The molecule has 0 aliphatic heterocycles. The second kappa shape index (κ2) is 4.70. The maximum atomic E-state index is 12.0. The van der Waals surface area contributed by atoms with E-state index in [1.165, 1.54) is 4.31 Å². The summed E-state index contributed by atoms with van der Waals surface area (Å²) in [7, 11) is -1.70. The first kappa shape index (κ1) is 13.0. The molecule has 0 spiro atoms. The molecule has 0 unspecified atom stereocenters. The first-order valence-electron chi connectivity index (χ1n) is 5.69. The molecule has 0 aliphatic rings. The molecule has 0 bridgehead atoms. The molecule has 18 heavy (non-hydrogen) atoms. The molecule has 2 aromatic rings. The van der Waals surface area contributed by atoms with Gasteiger partial charge in [-0.25, -0.2) is 8.42 Å². The average molecular weight is 268 g/mol. The fraction of sp³-hybridized carbons (Fsp3) is 0.417. The van der Waals surface area contributed by atoms with Gasteiger partial charge in [-0.1, -0.05) is 0 Å². The van der Waals surface area contributed by atoms with E-state index in [-0.39, 0.29) is 6.54 Å². The van der Waals surface area contributed by atoms with E-state index in [2.05, 4.69) is 4.98 Å². The van der Waals surface area contributed by atoms with Crippen LogP contribution in [-0.2, 0) is 16.6 Å². The minimum absolute atomic E-state index is 0.247. The van der Waals surface area contributed by atoms with Gasteiger partial charge in [-0.15, -0.1) is 0 Å². The van der Waals surface area contributed by atoms with Gasteiger partial charge >= 0.3 is 0 Å². The van der Waals surface area contributed by atoms with Gasteiger partial charge in [0.05, 0.1) is 23.8 Å². The number of sulfonamides is 1. The standard InChI is InChI=1S/C12H16N2O3S/c1-9(2)18(15,16)14(3)8-11-10-5-7-17-12(10)4-6-13-11/h4-7,9H,8H2,1-3H3. The van der Waals surface area contributed by atoms with Crippen molar-refractivity contribution in [1.29, 1.82) is 0 Å². The van der Waals surface area contributed by atoms with E-state index >= 15 is 0 Å². The van der Waals surface area contributed by atoms with Crippen molar-refractivity contribution in [3.05, 3.63) is 30.3 Å². The highest BCUT2D eigenvalue weighted by molar-refractivity contribution is 7.89. The van der Waals surface area contributed by atoms with Crippen LogP contribution in [0.25, 0.3) is 11.0 Å². The summed E-state index contributed by atoms with van der Waals surface area (Å²) in [4.78, 5) is 4.23. The lowest BCUT2D eigenvalue weighted by Crippen LogP contribution is -2.32. The minimum atomic E-state index is -3.26. The number of hydrogen-bond acceptors (Lipinski definition) is 4. The number of nitrogens with zero attached hydrogens (tertiary/aromatic N) is 2. The van der Waals surface area contributed by atoms with Crippen LogP contribution >= 0.6 is 0 Å². The van der Waals surface area contributed by atoms with Crippen LogP contribution in [0.4, 0.5) is 0 Å². The van der Waals surface area contributed by atoms with Crippen LogP contribution in [0.2, 0.25) is 0 Å². The monoisotopic (exact) mass is 268 g/mol. The first-order valence-corrected chi connectivity index (χ1v) is 7.19. The predicted octanol–water partition coefficient (Wildman–Crippen LogP) is 2.00. The molecule has 0 aliphatic carbocycles. The van der Waals surface area contributed by atoms with E-state index in [4.69, 9.17) is 4.42 Å². The van der Waals surface area contributed by atoms with Crippen LogP contribution < -0.4 is 0 Å². The molecule has 98 valence electrons. The van der Waals surface area contributed by atoms with Crippen LogP contribution in [0.5, 0.6) is 0 Å². The molecule has 0 radical (unpaired) electrons. The van der Waals surface area contributed by atoms with Crippen molar-refractivity contribution in [3.63, 3.8) is 0 Å². The van der Waals surface area contributed by atoms with Crippen molar-refractivity contribution in [3.8, 4) is 0 Å². The molecule has 0 N–H and O–H groups in total. The topological polar surface area (TPSA) is 63.4 Å². The Morgan fingerprint density at radius 2 is 2.11 bits per heavy atom. The van der Waals surface area contributed by atoms with E-state index in [1.807, 2.05) is 0 Å². The molecule has 5 nitrogen and oxygen atoms in total. The van der Waals surface area contributed by atoms with Gasteiger partial charge in [-0.2, -0.15) is 4.31 Å². The van der Waals surface area contributed by atoms with E-state index in [1.54, 1.807) is 45.5 Å². The number of fused-ring (bicyclic) bond motifs is 1. The van der Waals surface area contributed by atoms with E-state index < -0.39 is 15.3 Å². The van der Waals surface area contributed by atoms with Crippen molar-refractivity contribution < 1.29 is 12.8 Å². The lowest BCUT2D eigenvalue weighted by atomic mass is 10.2. The van der Waals surface area contributed by atoms with Crippen LogP contribution in [0.3, 0.4) is 0 Å². The number of aromatic nitrogens is 1. The molecule has 0 aromatic carbocycles. The van der Waals surface area contributed by atoms with E-state index in [0.29, 0.717) is 5.69 Å². The van der Waals surface area contributed by atoms with E-state index in [9.17, 15) is 8.42 Å². The molecule has 0 amide bonds. The molecule has 2 aromatic heterocycles. The SMILES string of the molecule is CC(C)S(=O)(=O)N(C)Cc1nccc2occc12. The maximum absolute atomic E-state index is 12.0. The lowest BCUT2D eigenvalue weighted by Gasteiger charge is -2.19. The number of furan rings is 1. The molecule has 2 rings (SSSR count). The fourth-order valence-electron chi connectivity index (χ4n) is 1.74. The normalized spacial score (nSPS) is 12.7. The molecule has 2 heterocycles.